The summed E-state index contributed by atoms with van der Waals surface area (Å²) in [5.74, 6) is -0.805. The molecule has 0 aliphatic rings. The minimum Gasteiger partial charge on any atom is -0.481 e. The van der Waals surface area contributed by atoms with E-state index in [2.05, 4.69) is 15.5 Å². The summed E-state index contributed by atoms with van der Waals surface area (Å²) in [6.45, 7) is 3.88. The fourth-order valence-corrected chi connectivity index (χ4v) is 0.784. The summed E-state index contributed by atoms with van der Waals surface area (Å²) in [4.78, 5) is 10.7. The maximum atomic E-state index is 10.7. The number of nitrogens with zero attached hydrogens (tertiary/aromatic N) is 4. The molecule has 6 heteroatoms. The number of aliphatic carboxylic acids is 1. The smallest absolute Gasteiger partial charge is 0.309 e. The summed E-state index contributed by atoms with van der Waals surface area (Å²) in [7, 11) is 0. The van der Waals surface area contributed by atoms with Crippen LogP contribution in [0.3, 0.4) is 0 Å². The molecule has 0 saturated heterocycles. The van der Waals surface area contributed by atoms with Gasteiger partial charge in [-0.05, 0) is 30.7 Å². The summed E-state index contributed by atoms with van der Waals surface area (Å²) in [5, 5.41) is 19.4. The van der Waals surface area contributed by atoms with E-state index in [1.165, 1.54) is 11.0 Å². The molecule has 0 atom stereocenters. The first-order valence-electron chi connectivity index (χ1n) is 3.96. The van der Waals surface area contributed by atoms with Crippen LogP contribution in [0.1, 0.15) is 20.3 Å². The van der Waals surface area contributed by atoms with Gasteiger partial charge in [-0.2, -0.15) is 0 Å². The molecule has 13 heavy (non-hydrogen) atoms. The molecule has 0 aromatic carbocycles. The first kappa shape index (κ1) is 9.63. The highest BCUT2D eigenvalue weighted by Crippen LogP contribution is 2.20. The van der Waals surface area contributed by atoms with Gasteiger partial charge in [0.1, 0.15) is 6.33 Å². The zero-order chi connectivity index (χ0) is 9.90. The molecule has 0 aliphatic carbocycles. The lowest BCUT2D eigenvalue weighted by Gasteiger charge is -2.17. The molecule has 6 nitrogen and oxygen atoms in total. The predicted molar refractivity (Wildman–Crippen MR) is 43.9 cm³/mol. The summed E-state index contributed by atoms with van der Waals surface area (Å²) in [6.07, 6.45) is 1.98. The Hall–Kier alpha value is -1.46. The molecular weight excluding hydrogens is 172 g/mol. The predicted octanol–water partition coefficient (Wildman–Crippen LogP) is 0.174. The highest BCUT2D eigenvalue weighted by atomic mass is 16.4. The van der Waals surface area contributed by atoms with Crippen molar-refractivity contribution in [2.24, 2.45) is 5.41 Å². The molecule has 0 amide bonds. The van der Waals surface area contributed by atoms with Crippen molar-refractivity contribution in [3.05, 3.63) is 6.33 Å². The molecule has 1 aromatic rings. The van der Waals surface area contributed by atoms with Gasteiger partial charge in [0.15, 0.2) is 0 Å². The Morgan fingerprint density at radius 2 is 2.31 bits per heavy atom. The van der Waals surface area contributed by atoms with Crippen LogP contribution >= 0.6 is 0 Å². The number of hydrogen-bond acceptors (Lipinski definition) is 4. The van der Waals surface area contributed by atoms with E-state index in [-0.39, 0.29) is 0 Å². The molecule has 0 spiro atoms. The van der Waals surface area contributed by atoms with Gasteiger partial charge in [-0.3, -0.25) is 4.79 Å². The van der Waals surface area contributed by atoms with E-state index < -0.39 is 11.4 Å². The molecule has 72 valence electrons. The van der Waals surface area contributed by atoms with Gasteiger partial charge in [-0.25, -0.2) is 4.68 Å². The molecule has 0 radical (unpaired) electrons. The number of carboxylic acids is 1. The number of aryl methyl sites for hydroxylation is 1. The van der Waals surface area contributed by atoms with Gasteiger partial charge in [0.25, 0.3) is 0 Å². The first-order chi connectivity index (χ1) is 6.02. The molecule has 0 bridgehead atoms. The van der Waals surface area contributed by atoms with Gasteiger partial charge in [-0.1, -0.05) is 0 Å². The number of carboxylic acid groups (broad SMARTS) is 1. The number of carbonyl (C=O) groups is 1. The van der Waals surface area contributed by atoms with Crippen LogP contribution in [-0.4, -0.2) is 31.3 Å². The zero-order valence-corrected chi connectivity index (χ0v) is 7.64. The van der Waals surface area contributed by atoms with E-state index in [0.717, 1.165) is 0 Å². The topological polar surface area (TPSA) is 80.9 Å². The summed E-state index contributed by atoms with van der Waals surface area (Å²) >= 11 is 0. The second kappa shape index (κ2) is 3.51. The Kier molecular flexibility index (Phi) is 2.60. The highest BCUT2D eigenvalue weighted by Gasteiger charge is 2.26. The quantitative estimate of drug-likeness (QED) is 0.721. The lowest BCUT2D eigenvalue weighted by molar-refractivity contribution is -0.147. The molecule has 0 fully saturated rings. The van der Waals surface area contributed by atoms with E-state index in [4.69, 9.17) is 5.11 Å². The molecule has 0 saturated carbocycles. The summed E-state index contributed by atoms with van der Waals surface area (Å²) in [6, 6.07) is 0. The molecule has 0 aliphatic heterocycles. The van der Waals surface area contributed by atoms with Crippen molar-refractivity contribution in [3.8, 4) is 0 Å². The van der Waals surface area contributed by atoms with Gasteiger partial charge in [0, 0.05) is 6.54 Å². The maximum absolute atomic E-state index is 10.7. The van der Waals surface area contributed by atoms with Crippen LogP contribution < -0.4 is 0 Å². The monoisotopic (exact) mass is 184 g/mol. The van der Waals surface area contributed by atoms with Crippen LogP contribution in [0.25, 0.3) is 0 Å². The fraction of sp³-hybridized carbons (Fsp3) is 0.714. The highest BCUT2D eigenvalue weighted by molar-refractivity contribution is 5.73. The van der Waals surface area contributed by atoms with E-state index in [1.807, 2.05) is 0 Å². The van der Waals surface area contributed by atoms with Crippen LogP contribution in [0.15, 0.2) is 6.33 Å². The van der Waals surface area contributed by atoms with Crippen LogP contribution in [0.5, 0.6) is 0 Å². The minimum absolute atomic E-state index is 0.507. The Morgan fingerprint density at radius 3 is 2.77 bits per heavy atom. The van der Waals surface area contributed by atoms with Gasteiger partial charge in [-0.15, -0.1) is 5.10 Å². The number of hydrogen-bond donors (Lipinski definition) is 1. The molecule has 1 aromatic heterocycles. The standard InChI is InChI=1S/C7H12N4O2/c1-7(2,6(12)13)3-4-11-5-8-9-10-11/h5H,3-4H2,1-2H3,(H,12,13). The summed E-state index contributed by atoms with van der Waals surface area (Å²) < 4.78 is 1.52. The van der Waals surface area contributed by atoms with Crippen molar-refractivity contribution in [1.82, 2.24) is 20.2 Å². The second-order valence-corrected chi connectivity index (χ2v) is 3.51. The Labute approximate surface area is 75.6 Å². The Morgan fingerprint density at radius 1 is 1.62 bits per heavy atom. The molecule has 1 rings (SSSR count). The van der Waals surface area contributed by atoms with Crippen LogP contribution in [0.4, 0.5) is 0 Å². The number of rotatable bonds is 4. The lowest BCUT2D eigenvalue weighted by atomic mass is 9.90. The van der Waals surface area contributed by atoms with Crippen molar-refractivity contribution < 1.29 is 9.90 Å². The van der Waals surface area contributed by atoms with Crippen LogP contribution in [0.2, 0.25) is 0 Å². The Bertz CT molecular complexity index is 281. The van der Waals surface area contributed by atoms with Crippen molar-refractivity contribution in [2.45, 2.75) is 26.8 Å². The second-order valence-electron chi connectivity index (χ2n) is 3.51. The number of aromatic nitrogens is 4. The SMILES string of the molecule is CC(C)(CCn1cnnn1)C(=O)O. The fourth-order valence-electron chi connectivity index (χ4n) is 0.784. The van der Waals surface area contributed by atoms with Gasteiger partial charge < -0.3 is 5.11 Å². The lowest BCUT2D eigenvalue weighted by Crippen LogP contribution is -2.25. The molecule has 1 heterocycles. The van der Waals surface area contributed by atoms with E-state index in [9.17, 15) is 4.79 Å². The molecular formula is C7H12N4O2. The van der Waals surface area contributed by atoms with Crippen LogP contribution in [-0.2, 0) is 11.3 Å². The van der Waals surface area contributed by atoms with Crippen LogP contribution in [0, 0.1) is 5.41 Å². The largest absolute Gasteiger partial charge is 0.481 e. The third-order valence-electron chi connectivity index (χ3n) is 1.94. The normalized spacial score (nSPS) is 11.5. The summed E-state index contributed by atoms with van der Waals surface area (Å²) in [5.41, 5.74) is -0.730. The van der Waals surface area contributed by atoms with Crippen molar-refractivity contribution in [3.63, 3.8) is 0 Å². The van der Waals surface area contributed by atoms with E-state index in [1.54, 1.807) is 13.8 Å². The van der Waals surface area contributed by atoms with E-state index in [0.29, 0.717) is 13.0 Å². The van der Waals surface area contributed by atoms with Crippen molar-refractivity contribution >= 4 is 5.97 Å². The maximum Gasteiger partial charge on any atom is 0.309 e. The average Bonchev–Trinajstić information content (AvgIpc) is 2.52. The molecule has 1 N–H and O–H groups in total. The van der Waals surface area contributed by atoms with Gasteiger partial charge in [0.2, 0.25) is 0 Å². The van der Waals surface area contributed by atoms with Gasteiger partial charge in [0.05, 0.1) is 5.41 Å². The third kappa shape index (κ3) is 2.50. The third-order valence-corrected chi connectivity index (χ3v) is 1.94. The van der Waals surface area contributed by atoms with Crippen molar-refractivity contribution in [2.75, 3.05) is 0 Å². The molecule has 0 unspecified atom stereocenters. The van der Waals surface area contributed by atoms with Gasteiger partial charge >= 0.3 is 5.97 Å². The average molecular weight is 184 g/mol. The minimum atomic E-state index is -0.805. The first-order valence-corrected chi connectivity index (χ1v) is 3.96. The Balaban J connectivity index is 2.47. The zero-order valence-electron chi connectivity index (χ0n) is 7.64. The van der Waals surface area contributed by atoms with Crippen molar-refractivity contribution in [1.29, 1.82) is 0 Å². The van der Waals surface area contributed by atoms with E-state index >= 15 is 0 Å². The number of tetrazole rings is 1.